The van der Waals surface area contributed by atoms with Crippen LogP contribution in [0.5, 0.6) is 0 Å². The SMILES string of the molecule is C=C(O)CCC/C=C\C[C@H](C)/C=C/C=C\C=C\[C@H](C)C/C=C\CC. The molecule has 0 spiro atoms. The third-order valence-electron chi connectivity index (χ3n) is 3.63. The van der Waals surface area contributed by atoms with Crippen molar-refractivity contribution in [3.63, 3.8) is 0 Å². The molecule has 0 saturated heterocycles. The fourth-order valence-corrected chi connectivity index (χ4v) is 2.12. The third-order valence-corrected chi connectivity index (χ3v) is 3.63. The topological polar surface area (TPSA) is 20.2 Å². The summed E-state index contributed by atoms with van der Waals surface area (Å²) in [6.45, 7) is 10.1. The minimum atomic E-state index is 0.285. The predicted molar refractivity (Wildman–Crippen MR) is 109 cm³/mol. The fraction of sp³-hybridized carbons (Fsp3) is 0.478. The third kappa shape index (κ3) is 16.6. The molecule has 0 bridgehead atoms. The van der Waals surface area contributed by atoms with Crippen molar-refractivity contribution in [2.24, 2.45) is 11.8 Å². The van der Waals surface area contributed by atoms with E-state index in [1.165, 1.54) is 0 Å². The highest BCUT2D eigenvalue weighted by Gasteiger charge is 1.92. The van der Waals surface area contributed by atoms with Gasteiger partial charge in [0.15, 0.2) is 0 Å². The lowest BCUT2D eigenvalue weighted by Crippen LogP contribution is -1.85. The fourth-order valence-electron chi connectivity index (χ4n) is 2.12. The van der Waals surface area contributed by atoms with E-state index in [-0.39, 0.29) is 5.76 Å². The van der Waals surface area contributed by atoms with E-state index in [2.05, 4.69) is 88.1 Å². The molecule has 0 aliphatic rings. The van der Waals surface area contributed by atoms with Crippen molar-refractivity contribution in [1.29, 1.82) is 0 Å². The summed E-state index contributed by atoms with van der Waals surface area (Å²) in [4.78, 5) is 0. The first-order chi connectivity index (χ1) is 11.6. The van der Waals surface area contributed by atoms with Crippen LogP contribution in [0.4, 0.5) is 0 Å². The summed E-state index contributed by atoms with van der Waals surface area (Å²) in [5, 5.41) is 8.99. The Balaban J connectivity index is 3.85. The van der Waals surface area contributed by atoms with Gasteiger partial charge >= 0.3 is 0 Å². The second kappa shape index (κ2) is 16.1. The van der Waals surface area contributed by atoms with E-state index < -0.39 is 0 Å². The van der Waals surface area contributed by atoms with Crippen LogP contribution in [0.15, 0.2) is 73.1 Å². The van der Waals surface area contributed by atoms with E-state index in [1.807, 2.05) is 0 Å². The average molecular weight is 329 g/mol. The van der Waals surface area contributed by atoms with Gasteiger partial charge in [-0.3, -0.25) is 0 Å². The van der Waals surface area contributed by atoms with Crippen LogP contribution >= 0.6 is 0 Å². The standard InChI is InChI=1S/C23H36O/c1-5-6-11-16-21(2)17-12-7-8-13-18-22(3)19-14-9-10-15-20-23(4)24/h6-9,11-14,17-18,21-22,24H,4-5,10,15-16,19-20H2,1-3H3/b8-7-,11-6-,14-9-,17-12+,18-13+/t21-,22-/m1/s1. The Bertz CT molecular complexity index is 449. The second-order valence-electron chi connectivity index (χ2n) is 6.39. The summed E-state index contributed by atoms with van der Waals surface area (Å²) in [7, 11) is 0. The maximum Gasteiger partial charge on any atom is 0.0851 e. The Kier molecular flexibility index (Phi) is 14.9. The molecule has 0 aromatic carbocycles. The molecule has 24 heavy (non-hydrogen) atoms. The quantitative estimate of drug-likeness (QED) is 0.161. The zero-order valence-corrected chi connectivity index (χ0v) is 15.8. The van der Waals surface area contributed by atoms with E-state index in [0.29, 0.717) is 18.3 Å². The number of hydrogen-bond donors (Lipinski definition) is 1. The minimum absolute atomic E-state index is 0.285. The number of unbranched alkanes of at least 4 members (excludes halogenated alkanes) is 1. The zero-order valence-electron chi connectivity index (χ0n) is 15.8. The van der Waals surface area contributed by atoms with Crippen LogP contribution in [0.2, 0.25) is 0 Å². The van der Waals surface area contributed by atoms with Gasteiger partial charge in [-0.05, 0) is 43.9 Å². The average Bonchev–Trinajstić information content (AvgIpc) is 2.54. The Hall–Kier alpha value is -1.76. The van der Waals surface area contributed by atoms with Gasteiger partial charge in [-0.25, -0.2) is 0 Å². The molecule has 0 fully saturated rings. The molecule has 0 amide bonds. The van der Waals surface area contributed by atoms with Crippen molar-refractivity contribution in [3.05, 3.63) is 73.1 Å². The number of rotatable bonds is 13. The van der Waals surface area contributed by atoms with E-state index >= 15 is 0 Å². The first kappa shape index (κ1) is 22.2. The molecular weight excluding hydrogens is 292 g/mol. The number of allylic oxidation sites excluding steroid dienone is 11. The molecule has 1 nitrogen and oxygen atoms in total. The first-order valence-electron chi connectivity index (χ1n) is 9.24. The normalized spacial score (nSPS) is 15.5. The Morgan fingerprint density at radius 3 is 1.92 bits per heavy atom. The smallest absolute Gasteiger partial charge is 0.0851 e. The van der Waals surface area contributed by atoms with Gasteiger partial charge in [-0.2, -0.15) is 0 Å². The summed E-state index contributed by atoms with van der Waals surface area (Å²) in [5.41, 5.74) is 0. The summed E-state index contributed by atoms with van der Waals surface area (Å²) in [5.74, 6) is 1.42. The van der Waals surface area contributed by atoms with Crippen molar-refractivity contribution in [1.82, 2.24) is 0 Å². The molecule has 0 rings (SSSR count). The molecule has 0 saturated carbocycles. The number of aliphatic hydroxyl groups is 1. The lowest BCUT2D eigenvalue weighted by Gasteiger charge is -2.00. The molecule has 0 radical (unpaired) electrons. The van der Waals surface area contributed by atoms with Crippen molar-refractivity contribution >= 4 is 0 Å². The van der Waals surface area contributed by atoms with E-state index in [1.54, 1.807) is 0 Å². The summed E-state index contributed by atoms with van der Waals surface area (Å²) in [6, 6.07) is 0. The maximum absolute atomic E-state index is 8.99. The van der Waals surface area contributed by atoms with Gasteiger partial charge in [-0.15, -0.1) is 0 Å². The van der Waals surface area contributed by atoms with E-state index in [9.17, 15) is 0 Å². The van der Waals surface area contributed by atoms with Gasteiger partial charge < -0.3 is 5.11 Å². The van der Waals surface area contributed by atoms with Gasteiger partial charge in [0.05, 0.1) is 5.76 Å². The maximum atomic E-state index is 8.99. The molecule has 0 unspecified atom stereocenters. The van der Waals surface area contributed by atoms with Crippen LogP contribution in [0.1, 0.15) is 59.3 Å². The van der Waals surface area contributed by atoms with Gasteiger partial charge in [0.2, 0.25) is 0 Å². The van der Waals surface area contributed by atoms with Crippen molar-refractivity contribution in [2.75, 3.05) is 0 Å². The number of hydrogen-bond acceptors (Lipinski definition) is 1. The summed E-state index contributed by atoms with van der Waals surface area (Å²) >= 11 is 0. The van der Waals surface area contributed by atoms with Crippen molar-refractivity contribution in [2.45, 2.75) is 59.3 Å². The lowest BCUT2D eigenvalue weighted by atomic mass is 10.1. The van der Waals surface area contributed by atoms with E-state index in [4.69, 9.17) is 5.11 Å². The molecule has 1 heteroatoms. The van der Waals surface area contributed by atoms with Crippen LogP contribution in [-0.2, 0) is 0 Å². The molecule has 0 aromatic heterocycles. The molecule has 0 aliphatic carbocycles. The largest absolute Gasteiger partial charge is 0.513 e. The minimum Gasteiger partial charge on any atom is -0.513 e. The highest BCUT2D eigenvalue weighted by atomic mass is 16.3. The number of aliphatic hydroxyl groups excluding tert-OH is 1. The molecule has 0 heterocycles. The lowest BCUT2D eigenvalue weighted by molar-refractivity contribution is 0.387. The first-order valence-corrected chi connectivity index (χ1v) is 9.24. The molecule has 0 aliphatic heterocycles. The van der Waals surface area contributed by atoms with Crippen LogP contribution in [0.3, 0.4) is 0 Å². The molecular formula is C23H36O. The van der Waals surface area contributed by atoms with Gasteiger partial charge in [0, 0.05) is 6.42 Å². The molecule has 134 valence electrons. The van der Waals surface area contributed by atoms with E-state index in [0.717, 1.165) is 32.1 Å². The predicted octanol–water partition coefficient (Wildman–Crippen LogP) is 7.47. The van der Waals surface area contributed by atoms with Crippen LogP contribution in [0, 0.1) is 11.8 Å². The molecule has 1 N–H and O–H groups in total. The van der Waals surface area contributed by atoms with Gasteiger partial charge in [0.25, 0.3) is 0 Å². The molecule has 0 aromatic rings. The van der Waals surface area contributed by atoms with Crippen molar-refractivity contribution < 1.29 is 5.11 Å². The molecule has 2 atom stereocenters. The Morgan fingerprint density at radius 1 is 0.875 bits per heavy atom. The zero-order chi connectivity index (χ0) is 18.0. The summed E-state index contributed by atoms with van der Waals surface area (Å²) in [6.07, 6.45) is 27.8. The monoisotopic (exact) mass is 328 g/mol. The highest BCUT2D eigenvalue weighted by molar-refractivity contribution is 5.12. The van der Waals surface area contributed by atoms with Gasteiger partial charge in [0.1, 0.15) is 0 Å². The Labute approximate surface area is 149 Å². The highest BCUT2D eigenvalue weighted by Crippen LogP contribution is 2.08. The van der Waals surface area contributed by atoms with Crippen LogP contribution < -0.4 is 0 Å². The second-order valence-corrected chi connectivity index (χ2v) is 6.39. The van der Waals surface area contributed by atoms with Crippen LogP contribution in [0.25, 0.3) is 0 Å². The van der Waals surface area contributed by atoms with Crippen LogP contribution in [-0.4, -0.2) is 5.11 Å². The van der Waals surface area contributed by atoms with Crippen molar-refractivity contribution in [3.8, 4) is 0 Å². The van der Waals surface area contributed by atoms with Gasteiger partial charge in [-0.1, -0.05) is 88.1 Å². The summed E-state index contributed by atoms with van der Waals surface area (Å²) < 4.78 is 0. The Morgan fingerprint density at radius 2 is 1.42 bits per heavy atom.